The molecule has 0 radical (unpaired) electrons. The summed E-state index contributed by atoms with van der Waals surface area (Å²) in [6.45, 7) is 9.03. The molecule has 3 unspecified atom stereocenters. The Bertz CT molecular complexity index is 1530. The standard InChI is InChI=1S/C32H36NP3/c1-5-20-13-21(6-2)31(25(14-20)18-35)22-7-9-28-26(15-22)27-16-23(8-10-29(27)33-28)32-24(17-34)11-19(3)12-30(32)36-4/h7-16,33,36H,5-6,17-18,34-35H2,1-4H3. The van der Waals surface area contributed by atoms with Crippen LogP contribution in [0.1, 0.15) is 41.7 Å². The van der Waals surface area contributed by atoms with Crippen molar-refractivity contribution in [1.82, 2.24) is 4.98 Å². The molecule has 4 heteroatoms. The van der Waals surface area contributed by atoms with Gasteiger partial charge in [-0.15, -0.1) is 18.5 Å². The first-order valence-electron chi connectivity index (χ1n) is 12.9. The summed E-state index contributed by atoms with van der Waals surface area (Å²) in [7, 11) is 6.65. The fraction of sp³-hybridized carbons (Fsp3) is 0.250. The van der Waals surface area contributed by atoms with Gasteiger partial charge in [0.25, 0.3) is 0 Å². The van der Waals surface area contributed by atoms with Crippen molar-refractivity contribution < 1.29 is 0 Å². The van der Waals surface area contributed by atoms with Crippen molar-refractivity contribution in [2.24, 2.45) is 0 Å². The van der Waals surface area contributed by atoms with Crippen LogP contribution < -0.4 is 5.30 Å². The van der Waals surface area contributed by atoms with E-state index in [1.54, 1.807) is 0 Å². The molecule has 5 aromatic rings. The second kappa shape index (κ2) is 10.8. The molecule has 0 aliphatic heterocycles. The molecule has 0 aliphatic rings. The number of aromatic nitrogens is 1. The zero-order chi connectivity index (χ0) is 25.4. The summed E-state index contributed by atoms with van der Waals surface area (Å²) < 4.78 is 0. The molecule has 3 atom stereocenters. The fourth-order valence-electron chi connectivity index (χ4n) is 5.62. The number of hydrogen-bond donors (Lipinski definition) is 1. The van der Waals surface area contributed by atoms with E-state index in [9.17, 15) is 0 Å². The summed E-state index contributed by atoms with van der Waals surface area (Å²) in [4.78, 5) is 3.67. The van der Waals surface area contributed by atoms with Crippen molar-refractivity contribution in [1.29, 1.82) is 0 Å². The molecule has 0 amide bonds. The van der Waals surface area contributed by atoms with Crippen LogP contribution in [0.2, 0.25) is 0 Å². The third kappa shape index (κ3) is 4.56. The van der Waals surface area contributed by atoms with Crippen molar-refractivity contribution in [3.05, 3.63) is 88.5 Å². The lowest BCUT2D eigenvalue weighted by molar-refractivity contribution is 1.08. The molecule has 4 aromatic carbocycles. The van der Waals surface area contributed by atoms with Crippen LogP contribution >= 0.6 is 27.1 Å². The van der Waals surface area contributed by atoms with Gasteiger partial charge in [-0.05, 0) is 113 Å². The molecule has 1 heterocycles. The summed E-state index contributed by atoms with van der Waals surface area (Å²) >= 11 is 0. The molecule has 1 aromatic heterocycles. The van der Waals surface area contributed by atoms with Gasteiger partial charge >= 0.3 is 0 Å². The average Bonchev–Trinajstić information content (AvgIpc) is 3.28. The normalized spacial score (nSPS) is 11.9. The molecule has 0 saturated heterocycles. The Hall–Kier alpha value is -2.03. The van der Waals surface area contributed by atoms with Gasteiger partial charge in [0.1, 0.15) is 0 Å². The van der Waals surface area contributed by atoms with E-state index in [4.69, 9.17) is 0 Å². The minimum absolute atomic E-state index is 0.771. The molecule has 36 heavy (non-hydrogen) atoms. The molecular formula is C32H36NP3. The maximum atomic E-state index is 3.67. The fourth-order valence-corrected chi connectivity index (χ4v) is 7.19. The molecule has 5 rings (SSSR count). The lowest BCUT2D eigenvalue weighted by Gasteiger charge is -2.16. The third-order valence-electron chi connectivity index (χ3n) is 7.40. The van der Waals surface area contributed by atoms with E-state index in [2.05, 4.69) is 112 Å². The van der Waals surface area contributed by atoms with Gasteiger partial charge in [0.15, 0.2) is 0 Å². The van der Waals surface area contributed by atoms with Gasteiger partial charge in [-0.1, -0.05) is 64.4 Å². The highest BCUT2D eigenvalue weighted by Gasteiger charge is 2.15. The SMILES string of the molecule is CCc1cc(CC)c(-c2ccc3[nH]c4ccc(-c5c(CP)cc(C)cc5PC)cc4c3c2)c(CP)c1. The largest absolute Gasteiger partial charge is 0.355 e. The highest BCUT2D eigenvalue weighted by molar-refractivity contribution is 7.46. The van der Waals surface area contributed by atoms with E-state index >= 15 is 0 Å². The van der Waals surface area contributed by atoms with Crippen molar-refractivity contribution in [3.63, 3.8) is 0 Å². The average molecular weight is 528 g/mol. The lowest BCUT2D eigenvalue weighted by Crippen LogP contribution is -2.04. The Morgan fingerprint density at radius 1 is 0.694 bits per heavy atom. The topological polar surface area (TPSA) is 15.8 Å². The van der Waals surface area contributed by atoms with Gasteiger partial charge < -0.3 is 4.98 Å². The molecule has 184 valence electrons. The first kappa shape index (κ1) is 25.6. The first-order chi connectivity index (χ1) is 17.5. The highest BCUT2D eigenvalue weighted by atomic mass is 31.1. The van der Waals surface area contributed by atoms with E-state index in [0.717, 1.165) is 33.7 Å². The highest BCUT2D eigenvalue weighted by Crippen LogP contribution is 2.37. The van der Waals surface area contributed by atoms with Gasteiger partial charge in [0.05, 0.1) is 0 Å². The van der Waals surface area contributed by atoms with E-state index in [1.807, 2.05) is 0 Å². The number of fused-ring (bicyclic) bond motifs is 3. The predicted octanol–water partition coefficient (Wildman–Crippen LogP) is 8.77. The van der Waals surface area contributed by atoms with Gasteiger partial charge in [-0.25, -0.2) is 0 Å². The second-order valence-corrected chi connectivity index (χ2v) is 11.5. The quantitative estimate of drug-likeness (QED) is 0.204. The molecule has 1 nitrogen and oxygen atoms in total. The third-order valence-corrected chi connectivity index (χ3v) is 9.21. The molecule has 0 saturated carbocycles. The summed E-state index contributed by atoms with van der Waals surface area (Å²) in [5, 5.41) is 4.07. The number of benzene rings is 4. The summed E-state index contributed by atoms with van der Waals surface area (Å²) in [6, 6.07) is 23.5. The molecule has 0 spiro atoms. The molecule has 0 fully saturated rings. The Morgan fingerprint density at radius 3 is 1.83 bits per heavy atom. The Labute approximate surface area is 222 Å². The smallest absolute Gasteiger partial charge is 0.0465 e. The second-order valence-electron chi connectivity index (χ2n) is 9.65. The number of aryl methyl sites for hydroxylation is 3. The summed E-state index contributed by atoms with van der Waals surface area (Å²) in [5.41, 5.74) is 14.9. The number of aromatic amines is 1. The maximum Gasteiger partial charge on any atom is 0.0465 e. The molecular weight excluding hydrogens is 491 g/mol. The van der Waals surface area contributed by atoms with Crippen LogP contribution in [0.3, 0.4) is 0 Å². The van der Waals surface area contributed by atoms with E-state index in [0.29, 0.717) is 0 Å². The van der Waals surface area contributed by atoms with Crippen molar-refractivity contribution in [2.45, 2.75) is 45.9 Å². The minimum Gasteiger partial charge on any atom is -0.355 e. The zero-order valence-corrected chi connectivity index (χ0v) is 25.1. The minimum atomic E-state index is 0.771. The maximum absolute atomic E-state index is 3.67. The van der Waals surface area contributed by atoms with E-state index in [1.165, 1.54) is 77.2 Å². The molecule has 1 N–H and O–H groups in total. The molecule has 0 aliphatic carbocycles. The van der Waals surface area contributed by atoms with Gasteiger partial charge in [-0.3, -0.25) is 0 Å². The van der Waals surface area contributed by atoms with Crippen molar-refractivity contribution >= 4 is 54.2 Å². The van der Waals surface area contributed by atoms with Gasteiger partial charge in [0, 0.05) is 21.8 Å². The Balaban J connectivity index is 1.74. The van der Waals surface area contributed by atoms with Crippen LogP contribution in [-0.2, 0) is 25.2 Å². The first-order valence-corrected chi connectivity index (χ1v) is 16.1. The number of hydrogen-bond acceptors (Lipinski definition) is 0. The number of nitrogens with one attached hydrogen (secondary N) is 1. The van der Waals surface area contributed by atoms with Crippen LogP contribution in [0.5, 0.6) is 0 Å². The van der Waals surface area contributed by atoms with Crippen molar-refractivity contribution in [3.8, 4) is 22.3 Å². The predicted molar refractivity (Wildman–Crippen MR) is 171 cm³/mol. The van der Waals surface area contributed by atoms with E-state index < -0.39 is 0 Å². The van der Waals surface area contributed by atoms with E-state index in [-0.39, 0.29) is 0 Å². The lowest BCUT2D eigenvalue weighted by atomic mass is 9.90. The number of H-pyrrole nitrogens is 1. The number of rotatable bonds is 7. The van der Waals surface area contributed by atoms with Gasteiger partial charge in [0.2, 0.25) is 0 Å². The van der Waals surface area contributed by atoms with Crippen LogP contribution in [0.25, 0.3) is 44.1 Å². The van der Waals surface area contributed by atoms with Crippen LogP contribution in [0.4, 0.5) is 0 Å². The Morgan fingerprint density at radius 2 is 1.28 bits per heavy atom. The Kier molecular flexibility index (Phi) is 7.65. The van der Waals surface area contributed by atoms with Crippen LogP contribution in [0.15, 0.2) is 60.7 Å². The van der Waals surface area contributed by atoms with Crippen LogP contribution in [0, 0.1) is 6.92 Å². The monoisotopic (exact) mass is 527 g/mol. The molecule has 0 bridgehead atoms. The van der Waals surface area contributed by atoms with Crippen LogP contribution in [-0.4, -0.2) is 11.6 Å². The summed E-state index contributed by atoms with van der Waals surface area (Å²) in [6.07, 6.45) is 4.06. The van der Waals surface area contributed by atoms with Gasteiger partial charge in [-0.2, -0.15) is 0 Å². The van der Waals surface area contributed by atoms with Crippen molar-refractivity contribution in [2.75, 3.05) is 6.66 Å². The summed E-state index contributed by atoms with van der Waals surface area (Å²) in [5.74, 6) is 0. The zero-order valence-electron chi connectivity index (χ0n) is 21.8.